The van der Waals surface area contributed by atoms with Crippen molar-refractivity contribution in [3.05, 3.63) is 142 Å². The largest absolute Gasteiger partial charge is 0.352 e. The van der Waals surface area contributed by atoms with E-state index in [-0.39, 0.29) is 23.8 Å². The molecule has 5 aromatic rings. The topological polar surface area (TPSA) is 90.1 Å². The summed E-state index contributed by atoms with van der Waals surface area (Å²) in [5.41, 5.74) is 4.36. The van der Waals surface area contributed by atoms with Crippen molar-refractivity contribution in [3.8, 4) is 0 Å². The highest BCUT2D eigenvalue weighted by molar-refractivity contribution is 5.87. The Hall–Kier alpha value is -4.85. The van der Waals surface area contributed by atoms with Gasteiger partial charge in [-0.05, 0) is 52.6 Å². The number of carbonyl (C=O) groups is 1. The number of halogens is 1. The monoisotopic (exact) mass is 508 g/mol. The molecule has 0 saturated carbocycles. The molecule has 1 amide bonds. The number of carbonyl (C=O) groups excluding carboxylic acids is 1. The zero-order chi connectivity index (χ0) is 26.5. The minimum atomic E-state index is -0.429. The molecule has 38 heavy (non-hydrogen) atoms. The van der Waals surface area contributed by atoms with Gasteiger partial charge in [0.2, 0.25) is 5.91 Å². The van der Waals surface area contributed by atoms with Crippen LogP contribution in [0.1, 0.15) is 34.6 Å². The minimum absolute atomic E-state index is 0.0280. The molecular weight excluding hydrogens is 483 g/mol. The van der Waals surface area contributed by atoms with Crippen LogP contribution in [0.3, 0.4) is 0 Å². The molecule has 190 valence electrons. The van der Waals surface area contributed by atoms with Crippen LogP contribution in [-0.4, -0.2) is 20.4 Å². The lowest BCUT2D eigenvalue weighted by atomic mass is 9.87. The van der Waals surface area contributed by atoms with Crippen LogP contribution in [0.15, 0.2) is 104 Å². The van der Waals surface area contributed by atoms with Crippen LogP contribution in [0.5, 0.6) is 0 Å². The van der Waals surface area contributed by atoms with Crippen LogP contribution < -0.4 is 5.32 Å². The van der Waals surface area contributed by atoms with E-state index in [1.165, 1.54) is 24.3 Å². The number of nitro groups is 1. The summed E-state index contributed by atoms with van der Waals surface area (Å²) in [5.74, 6) is -0.893. The Morgan fingerprint density at radius 2 is 1.74 bits per heavy atom. The minimum Gasteiger partial charge on any atom is -0.352 e. The molecule has 7 nitrogen and oxygen atoms in total. The van der Waals surface area contributed by atoms with Crippen LogP contribution in [-0.2, 0) is 17.9 Å². The van der Waals surface area contributed by atoms with Gasteiger partial charge < -0.3 is 9.88 Å². The van der Waals surface area contributed by atoms with Crippen LogP contribution >= 0.6 is 0 Å². The van der Waals surface area contributed by atoms with E-state index in [1.54, 1.807) is 30.6 Å². The summed E-state index contributed by atoms with van der Waals surface area (Å²) in [6.45, 7) is 0.867. The first-order chi connectivity index (χ1) is 18.5. The van der Waals surface area contributed by atoms with E-state index in [4.69, 9.17) is 0 Å². The molecule has 2 aromatic heterocycles. The number of pyridine rings is 1. The Labute approximate surface area is 218 Å². The van der Waals surface area contributed by atoms with Crippen LogP contribution in [0.2, 0.25) is 0 Å². The van der Waals surface area contributed by atoms with Crippen LogP contribution in [0.25, 0.3) is 10.9 Å². The van der Waals surface area contributed by atoms with Crippen molar-refractivity contribution in [1.29, 1.82) is 0 Å². The Morgan fingerprint density at radius 1 is 0.974 bits per heavy atom. The molecule has 0 aliphatic heterocycles. The lowest BCUT2D eigenvalue weighted by molar-refractivity contribution is -0.384. The molecule has 0 unspecified atom stereocenters. The van der Waals surface area contributed by atoms with Gasteiger partial charge in [0.15, 0.2) is 0 Å². The van der Waals surface area contributed by atoms with Gasteiger partial charge in [-0.15, -0.1) is 0 Å². The molecule has 0 aliphatic rings. The number of aromatic nitrogens is 2. The Kier molecular flexibility index (Phi) is 7.21. The Morgan fingerprint density at radius 3 is 2.50 bits per heavy atom. The predicted molar refractivity (Wildman–Crippen MR) is 143 cm³/mol. The maximum Gasteiger partial charge on any atom is 0.269 e. The maximum atomic E-state index is 13.5. The van der Waals surface area contributed by atoms with E-state index in [0.29, 0.717) is 18.7 Å². The van der Waals surface area contributed by atoms with E-state index in [0.717, 1.165) is 27.6 Å². The van der Waals surface area contributed by atoms with Gasteiger partial charge in [-0.3, -0.25) is 19.9 Å². The van der Waals surface area contributed by atoms with Crippen molar-refractivity contribution in [1.82, 2.24) is 14.9 Å². The van der Waals surface area contributed by atoms with Gasteiger partial charge in [-0.1, -0.05) is 42.5 Å². The molecule has 1 atom stereocenters. The molecule has 0 bridgehead atoms. The second-order valence-corrected chi connectivity index (χ2v) is 9.10. The van der Waals surface area contributed by atoms with Gasteiger partial charge in [0.1, 0.15) is 5.82 Å². The van der Waals surface area contributed by atoms with Crippen molar-refractivity contribution < 1.29 is 14.1 Å². The molecule has 0 radical (unpaired) electrons. The quantitative estimate of drug-likeness (QED) is 0.196. The summed E-state index contributed by atoms with van der Waals surface area (Å²) in [7, 11) is 0. The van der Waals surface area contributed by atoms with Gasteiger partial charge in [-0.2, -0.15) is 0 Å². The summed E-state index contributed by atoms with van der Waals surface area (Å²) in [6.07, 6.45) is 5.44. The van der Waals surface area contributed by atoms with Crippen molar-refractivity contribution in [2.45, 2.75) is 25.4 Å². The van der Waals surface area contributed by atoms with Crippen LogP contribution in [0, 0.1) is 15.9 Å². The molecule has 0 fully saturated rings. The van der Waals surface area contributed by atoms with Gasteiger partial charge in [0, 0.05) is 67.1 Å². The summed E-state index contributed by atoms with van der Waals surface area (Å²) in [5, 5.41) is 15.4. The van der Waals surface area contributed by atoms with Gasteiger partial charge in [0.05, 0.1) is 4.92 Å². The Bertz CT molecular complexity index is 1580. The van der Waals surface area contributed by atoms with Crippen molar-refractivity contribution >= 4 is 22.5 Å². The number of hydrogen-bond acceptors (Lipinski definition) is 4. The fraction of sp³-hybridized carbons (Fsp3) is 0.133. The maximum absolute atomic E-state index is 13.5. The molecule has 0 aliphatic carbocycles. The SMILES string of the molecule is O=C(C[C@H](c1cccc([N+](=O)[O-])c1)c1cn(Cc2ccc(F)cc2)c2ccccc12)NCc1ccncc1. The van der Waals surface area contributed by atoms with E-state index < -0.39 is 10.8 Å². The number of nitrogens with zero attached hydrogens (tertiary/aromatic N) is 3. The third-order valence-electron chi connectivity index (χ3n) is 6.57. The lowest BCUT2D eigenvalue weighted by Crippen LogP contribution is -2.25. The first kappa shape index (κ1) is 24.8. The summed E-state index contributed by atoms with van der Waals surface area (Å²) in [6, 6.07) is 24.3. The molecule has 5 rings (SSSR count). The Balaban J connectivity index is 1.52. The third kappa shape index (κ3) is 5.59. The number of para-hydroxylation sites is 1. The number of hydrogen-bond donors (Lipinski definition) is 1. The first-order valence-electron chi connectivity index (χ1n) is 12.2. The highest BCUT2D eigenvalue weighted by Gasteiger charge is 2.24. The zero-order valence-electron chi connectivity index (χ0n) is 20.5. The fourth-order valence-electron chi connectivity index (χ4n) is 4.69. The van der Waals surface area contributed by atoms with Crippen LogP contribution in [0.4, 0.5) is 10.1 Å². The second kappa shape index (κ2) is 11.0. The number of fused-ring (bicyclic) bond motifs is 1. The third-order valence-corrected chi connectivity index (χ3v) is 6.57. The standard InChI is InChI=1S/C30H25FN4O3/c31-24-10-8-22(9-11-24)19-34-20-28(26-6-1-2-7-29(26)34)27(23-4-3-5-25(16-23)35(37)38)17-30(36)33-18-21-12-14-32-15-13-21/h1-16,20,27H,17-19H2,(H,33,36)/t27-/m1/s1. The number of nitrogens with one attached hydrogen (secondary N) is 1. The molecule has 1 N–H and O–H groups in total. The molecule has 0 saturated heterocycles. The zero-order valence-corrected chi connectivity index (χ0v) is 20.5. The lowest BCUT2D eigenvalue weighted by Gasteiger charge is -2.17. The molecular formula is C30H25FN4O3. The normalized spacial score (nSPS) is 11.8. The van der Waals surface area contributed by atoms with E-state index >= 15 is 0 Å². The van der Waals surface area contributed by atoms with Gasteiger partial charge in [-0.25, -0.2) is 4.39 Å². The van der Waals surface area contributed by atoms with Gasteiger partial charge in [0.25, 0.3) is 5.69 Å². The summed E-state index contributed by atoms with van der Waals surface area (Å²) < 4.78 is 15.5. The average Bonchev–Trinajstić information content (AvgIpc) is 3.30. The molecule has 2 heterocycles. The average molecular weight is 509 g/mol. The van der Waals surface area contributed by atoms with Crippen molar-refractivity contribution in [2.24, 2.45) is 0 Å². The highest BCUT2D eigenvalue weighted by Crippen LogP contribution is 2.36. The van der Waals surface area contributed by atoms with E-state index in [1.807, 2.05) is 48.7 Å². The fourth-order valence-corrected chi connectivity index (χ4v) is 4.69. The molecule has 8 heteroatoms. The summed E-state index contributed by atoms with van der Waals surface area (Å²) in [4.78, 5) is 28.3. The summed E-state index contributed by atoms with van der Waals surface area (Å²) >= 11 is 0. The number of nitro benzene ring substituents is 1. The number of rotatable bonds is 9. The predicted octanol–water partition coefficient (Wildman–Crippen LogP) is 5.97. The first-order valence-corrected chi connectivity index (χ1v) is 12.2. The van der Waals surface area contributed by atoms with E-state index in [9.17, 15) is 19.3 Å². The van der Waals surface area contributed by atoms with Crippen molar-refractivity contribution in [2.75, 3.05) is 0 Å². The molecule has 3 aromatic carbocycles. The number of non-ortho nitro benzene ring substituents is 1. The molecule has 0 spiro atoms. The smallest absolute Gasteiger partial charge is 0.269 e. The number of benzene rings is 3. The number of amides is 1. The van der Waals surface area contributed by atoms with Crippen molar-refractivity contribution in [3.63, 3.8) is 0 Å². The van der Waals surface area contributed by atoms with E-state index in [2.05, 4.69) is 14.9 Å². The highest BCUT2D eigenvalue weighted by atomic mass is 19.1. The van der Waals surface area contributed by atoms with Gasteiger partial charge >= 0.3 is 0 Å². The second-order valence-electron chi connectivity index (χ2n) is 9.10.